The lowest BCUT2D eigenvalue weighted by atomic mass is 9.97. The van der Waals surface area contributed by atoms with E-state index in [-0.39, 0.29) is 0 Å². The first kappa shape index (κ1) is 13.8. The van der Waals surface area contributed by atoms with E-state index in [1.807, 2.05) is 19.1 Å². The maximum Gasteiger partial charge on any atom is 0.177 e. The van der Waals surface area contributed by atoms with Crippen molar-refractivity contribution < 1.29 is 9.15 Å². The van der Waals surface area contributed by atoms with Gasteiger partial charge < -0.3 is 14.5 Å². The molecule has 1 unspecified atom stereocenters. The number of rotatable bonds is 3. The van der Waals surface area contributed by atoms with Gasteiger partial charge in [0.05, 0.1) is 12.1 Å². The normalized spacial score (nSPS) is 19.4. The summed E-state index contributed by atoms with van der Waals surface area (Å²) in [7, 11) is 1.67. The Morgan fingerprint density at radius 1 is 1.40 bits per heavy atom. The molecule has 4 heteroatoms. The van der Waals surface area contributed by atoms with Gasteiger partial charge in [-0.15, -0.1) is 0 Å². The van der Waals surface area contributed by atoms with Crippen LogP contribution in [0.2, 0.25) is 5.02 Å². The van der Waals surface area contributed by atoms with E-state index in [1.54, 1.807) is 7.11 Å². The van der Waals surface area contributed by atoms with E-state index in [9.17, 15) is 0 Å². The molecule has 1 aromatic carbocycles. The third-order valence-corrected chi connectivity index (χ3v) is 4.45. The number of nitrogens with one attached hydrogen (secondary N) is 1. The van der Waals surface area contributed by atoms with E-state index >= 15 is 0 Å². The van der Waals surface area contributed by atoms with Gasteiger partial charge in [-0.1, -0.05) is 18.0 Å². The highest BCUT2D eigenvalue weighted by atomic mass is 35.5. The molecular weight excluding hydrogens is 274 g/mol. The number of hydrogen-bond donors (Lipinski definition) is 1. The Morgan fingerprint density at radius 2 is 2.25 bits per heavy atom. The quantitative estimate of drug-likeness (QED) is 0.925. The summed E-state index contributed by atoms with van der Waals surface area (Å²) in [4.78, 5) is 0. The van der Waals surface area contributed by atoms with Gasteiger partial charge >= 0.3 is 0 Å². The summed E-state index contributed by atoms with van der Waals surface area (Å²) in [5.41, 5.74) is 1.88. The van der Waals surface area contributed by atoms with Crippen LogP contribution in [0.3, 0.4) is 0 Å². The van der Waals surface area contributed by atoms with Crippen LogP contribution >= 0.6 is 11.6 Å². The number of fused-ring (bicyclic) bond motifs is 1. The molecule has 1 saturated heterocycles. The zero-order valence-electron chi connectivity index (χ0n) is 12.0. The van der Waals surface area contributed by atoms with Gasteiger partial charge in [-0.2, -0.15) is 0 Å². The molecule has 1 atom stereocenters. The predicted molar refractivity (Wildman–Crippen MR) is 81.9 cm³/mol. The van der Waals surface area contributed by atoms with Crippen LogP contribution in [0.4, 0.5) is 0 Å². The molecule has 3 rings (SSSR count). The fraction of sp³-hybridized carbons (Fsp3) is 0.500. The highest BCUT2D eigenvalue weighted by molar-refractivity contribution is 6.36. The number of halogens is 1. The van der Waals surface area contributed by atoms with Crippen LogP contribution in [0.15, 0.2) is 16.5 Å². The third kappa shape index (κ3) is 2.52. The van der Waals surface area contributed by atoms with E-state index in [0.29, 0.717) is 6.04 Å². The summed E-state index contributed by atoms with van der Waals surface area (Å²) in [5, 5.41) is 5.31. The second-order valence-electron chi connectivity index (χ2n) is 5.50. The number of hydrogen-bond acceptors (Lipinski definition) is 3. The molecule has 0 saturated carbocycles. The first-order valence-corrected chi connectivity index (χ1v) is 7.55. The van der Waals surface area contributed by atoms with Crippen LogP contribution in [-0.2, 0) is 6.42 Å². The molecule has 0 bridgehead atoms. The summed E-state index contributed by atoms with van der Waals surface area (Å²) in [6.07, 6.45) is 4.71. The van der Waals surface area contributed by atoms with E-state index in [4.69, 9.17) is 20.8 Å². The molecule has 1 aliphatic heterocycles. The van der Waals surface area contributed by atoms with E-state index in [1.165, 1.54) is 19.3 Å². The molecule has 0 aliphatic carbocycles. The van der Waals surface area contributed by atoms with Gasteiger partial charge in [-0.3, -0.25) is 0 Å². The molecule has 2 aromatic rings. The van der Waals surface area contributed by atoms with E-state index in [2.05, 4.69) is 5.32 Å². The summed E-state index contributed by atoms with van der Waals surface area (Å²) < 4.78 is 11.1. The SMILES string of the molecule is COc1cc(CC2CCCCN2)c(Cl)c2cc(C)oc12. The number of benzene rings is 1. The largest absolute Gasteiger partial charge is 0.493 e. The lowest BCUT2D eigenvalue weighted by molar-refractivity contribution is 0.395. The number of furan rings is 1. The molecular formula is C16H20ClNO2. The first-order chi connectivity index (χ1) is 9.69. The maximum atomic E-state index is 6.56. The molecule has 1 aromatic heterocycles. The van der Waals surface area contributed by atoms with Crippen molar-refractivity contribution in [3.8, 4) is 5.75 Å². The fourth-order valence-corrected chi connectivity index (χ4v) is 3.26. The van der Waals surface area contributed by atoms with Crippen molar-refractivity contribution in [1.29, 1.82) is 0 Å². The van der Waals surface area contributed by atoms with Crippen LogP contribution in [0.5, 0.6) is 5.75 Å². The number of aryl methyl sites for hydroxylation is 1. The lowest BCUT2D eigenvalue weighted by Crippen LogP contribution is -2.35. The second kappa shape index (κ2) is 5.66. The zero-order valence-corrected chi connectivity index (χ0v) is 12.7. The Labute approximate surface area is 124 Å². The Bertz CT molecular complexity index is 614. The van der Waals surface area contributed by atoms with E-state index in [0.717, 1.165) is 46.0 Å². The molecule has 3 nitrogen and oxygen atoms in total. The second-order valence-corrected chi connectivity index (χ2v) is 5.88. The maximum absolute atomic E-state index is 6.56. The standard InChI is InChI=1S/C16H20ClNO2/c1-10-7-13-15(17)11(8-12-5-3-4-6-18-12)9-14(19-2)16(13)20-10/h7,9,12,18H,3-6,8H2,1-2H3. The minimum Gasteiger partial charge on any atom is -0.493 e. The van der Waals surface area contributed by atoms with Gasteiger partial charge in [0, 0.05) is 11.4 Å². The van der Waals surface area contributed by atoms with Crippen LogP contribution in [0.1, 0.15) is 30.6 Å². The van der Waals surface area contributed by atoms with Crippen molar-refractivity contribution in [2.45, 2.75) is 38.6 Å². The molecule has 0 amide bonds. The van der Waals surface area contributed by atoms with Crippen molar-refractivity contribution in [2.24, 2.45) is 0 Å². The van der Waals surface area contributed by atoms with Gasteiger partial charge in [0.2, 0.25) is 0 Å². The van der Waals surface area contributed by atoms with Crippen molar-refractivity contribution in [3.05, 3.63) is 28.5 Å². The van der Waals surface area contributed by atoms with Gasteiger partial charge in [-0.05, 0) is 50.4 Å². The molecule has 108 valence electrons. The van der Waals surface area contributed by atoms with Crippen molar-refractivity contribution in [2.75, 3.05) is 13.7 Å². The Kier molecular flexibility index (Phi) is 3.90. The summed E-state index contributed by atoms with van der Waals surface area (Å²) in [6.45, 7) is 3.03. The van der Waals surface area contributed by atoms with Gasteiger partial charge in [0.1, 0.15) is 5.76 Å². The average molecular weight is 294 g/mol. The van der Waals surface area contributed by atoms with Crippen LogP contribution < -0.4 is 10.1 Å². The van der Waals surface area contributed by atoms with Crippen LogP contribution in [0.25, 0.3) is 11.0 Å². The molecule has 2 heterocycles. The monoisotopic (exact) mass is 293 g/mol. The van der Waals surface area contributed by atoms with Gasteiger partial charge in [0.15, 0.2) is 11.3 Å². The van der Waals surface area contributed by atoms with Crippen molar-refractivity contribution in [1.82, 2.24) is 5.32 Å². The molecule has 1 fully saturated rings. The summed E-state index contributed by atoms with van der Waals surface area (Å²) in [5.74, 6) is 1.62. The summed E-state index contributed by atoms with van der Waals surface area (Å²) >= 11 is 6.56. The topological polar surface area (TPSA) is 34.4 Å². The Balaban J connectivity index is 1.99. The highest BCUT2D eigenvalue weighted by Gasteiger charge is 2.19. The molecule has 20 heavy (non-hydrogen) atoms. The van der Waals surface area contributed by atoms with Crippen LogP contribution in [0, 0.1) is 6.92 Å². The van der Waals surface area contributed by atoms with E-state index < -0.39 is 0 Å². The molecule has 1 aliphatic rings. The Morgan fingerprint density at radius 3 is 2.95 bits per heavy atom. The fourth-order valence-electron chi connectivity index (χ4n) is 2.98. The summed E-state index contributed by atoms with van der Waals surface area (Å²) in [6, 6.07) is 4.51. The molecule has 0 spiro atoms. The van der Waals surface area contributed by atoms with Crippen molar-refractivity contribution >= 4 is 22.6 Å². The third-order valence-electron chi connectivity index (χ3n) is 4.00. The number of piperidine rings is 1. The minimum atomic E-state index is 0.511. The first-order valence-electron chi connectivity index (χ1n) is 7.18. The minimum absolute atomic E-state index is 0.511. The Hall–Kier alpha value is -1.19. The predicted octanol–water partition coefficient (Wildman–Crippen LogP) is 4.09. The molecule has 1 N–H and O–H groups in total. The smallest absolute Gasteiger partial charge is 0.177 e. The lowest BCUT2D eigenvalue weighted by Gasteiger charge is -2.24. The average Bonchev–Trinajstić information content (AvgIpc) is 2.85. The van der Waals surface area contributed by atoms with Crippen molar-refractivity contribution in [3.63, 3.8) is 0 Å². The number of ether oxygens (including phenoxy) is 1. The molecule has 0 radical (unpaired) electrons. The van der Waals surface area contributed by atoms with Crippen LogP contribution in [-0.4, -0.2) is 19.7 Å². The highest BCUT2D eigenvalue weighted by Crippen LogP contribution is 2.37. The van der Waals surface area contributed by atoms with Gasteiger partial charge in [-0.25, -0.2) is 0 Å². The zero-order chi connectivity index (χ0) is 14.1. The van der Waals surface area contributed by atoms with Gasteiger partial charge in [0.25, 0.3) is 0 Å². The number of methoxy groups -OCH3 is 1.